The van der Waals surface area contributed by atoms with Crippen LogP contribution in [0.5, 0.6) is 0 Å². The molecule has 0 saturated heterocycles. The van der Waals surface area contributed by atoms with Crippen molar-refractivity contribution >= 4 is 23.6 Å². The van der Waals surface area contributed by atoms with Crippen LogP contribution in [0.15, 0.2) is 79.1 Å². The van der Waals surface area contributed by atoms with Crippen LogP contribution in [0.1, 0.15) is 59.5 Å². The molecule has 0 saturated carbocycles. The Bertz CT molecular complexity index is 1370. The highest BCUT2D eigenvalue weighted by molar-refractivity contribution is 5.99. The fraction of sp³-hybridized carbons (Fsp3) is 0.382. The number of nitrogens with zero attached hydrogens (tertiary/aromatic N) is 1. The topological polar surface area (TPSA) is 141 Å². The van der Waals surface area contributed by atoms with Gasteiger partial charge in [0.2, 0.25) is 11.8 Å². The normalized spacial score (nSPS) is 12.9. The highest BCUT2D eigenvalue weighted by Gasteiger charge is 2.26. The minimum atomic E-state index is -0.647. The number of carbonyl (C=O) groups is 4. The van der Waals surface area contributed by atoms with E-state index in [2.05, 4.69) is 31.6 Å². The van der Waals surface area contributed by atoms with Gasteiger partial charge in [-0.2, -0.15) is 0 Å². The Balaban J connectivity index is 1.63. The summed E-state index contributed by atoms with van der Waals surface area (Å²) in [6.07, 6.45) is 4.64. The Labute approximate surface area is 259 Å². The zero-order valence-corrected chi connectivity index (χ0v) is 25.9. The van der Waals surface area contributed by atoms with E-state index in [1.165, 1.54) is 0 Å². The summed E-state index contributed by atoms with van der Waals surface area (Å²) in [5.41, 5.74) is 2.79. The van der Waals surface area contributed by atoms with Crippen molar-refractivity contribution in [3.05, 3.63) is 101 Å². The maximum Gasteiger partial charge on any atom is 0.251 e. The van der Waals surface area contributed by atoms with E-state index in [0.717, 1.165) is 11.1 Å². The van der Waals surface area contributed by atoms with Crippen molar-refractivity contribution in [3.8, 4) is 0 Å². The lowest BCUT2D eigenvalue weighted by molar-refractivity contribution is -0.130. The number of hydrogen-bond acceptors (Lipinski definition) is 6. The number of hydrogen-bond donors (Lipinski definition) is 5. The smallest absolute Gasteiger partial charge is 0.251 e. The third-order valence-corrected chi connectivity index (χ3v) is 7.13. The van der Waals surface area contributed by atoms with E-state index in [-0.39, 0.29) is 35.6 Å². The molecule has 0 radical (unpaired) electrons. The second-order valence-corrected chi connectivity index (χ2v) is 11.1. The largest absolute Gasteiger partial charge is 0.355 e. The van der Waals surface area contributed by atoms with Crippen LogP contribution in [-0.4, -0.2) is 66.4 Å². The first-order chi connectivity index (χ1) is 21.2. The second-order valence-electron chi connectivity index (χ2n) is 11.1. The van der Waals surface area contributed by atoms with Crippen LogP contribution >= 0.6 is 0 Å². The van der Waals surface area contributed by atoms with Gasteiger partial charge >= 0.3 is 0 Å². The predicted molar refractivity (Wildman–Crippen MR) is 171 cm³/mol. The Morgan fingerprint density at radius 2 is 1.48 bits per heavy atom. The highest BCUT2D eigenvalue weighted by atomic mass is 16.2. The molecule has 3 atom stereocenters. The molecule has 0 fully saturated rings. The van der Waals surface area contributed by atoms with Gasteiger partial charge in [0.15, 0.2) is 0 Å². The molecule has 3 rings (SSSR count). The van der Waals surface area contributed by atoms with E-state index in [1.54, 1.807) is 43.6 Å². The van der Waals surface area contributed by atoms with Crippen molar-refractivity contribution in [1.82, 2.24) is 31.6 Å². The number of aromatic nitrogens is 1. The number of pyridine rings is 1. The number of carbonyl (C=O) groups excluding carboxylic acids is 4. The molecule has 0 aliphatic carbocycles. The molecule has 10 nitrogen and oxygen atoms in total. The number of likely N-dealkylation sites (N-methyl/N-ethyl adjacent to an activating group) is 1. The standard InChI is InChI=1S/C34H44N6O4/c1-5-36-34(44)30(23(2)3)40-31(41)24(4)38-22-29(19-25-11-7-6-8-12-25)39-33(43)28-15-9-14-27(20-28)32(42)37-18-16-26-13-10-17-35-21-26/h6-15,17,20-21,23-24,29-30,38H,5,16,18-19,22H2,1-4H3,(H,36,44)(H,37,42)(H,39,43)(H,40,41)/t24-,29-,30-/m0/s1. The van der Waals surface area contributed by atoms with Gasteiger partial charge in [0.05, 0.1) is 6.04 Å². The van der Waals surface area contributed by atoms with Gasteiger partial charge < -0.3 is 26.6 Å². The first kappa shape index (κ1) is 33.9. The first-order valence-electron chi connectivity index (χ1n) is 15.1. The zero-order chi connectivity index (χ0) is 31.9. The molecule has 0 spiro atoms. The van der Waals surface area contributed by atoms with Crippen LogP contribution < -0.4 is 26.6 Å². The monoisotopic (exact) mass is 600 g/mol. The Morgan fingerprint density at radius 3 is 2.14 bits per heavy atom. The van der Waals surface area contributed by atoms with Gasteiger partial charge in [0.25, 0.3) is 11.8 Å². The number of amides is 4. The van der Waals surface area contributed by atoms with Crippen LogP contribution in [0.2, 0.25) is 0 Å². The minimum absolute atomic E-state index is 0.0816. The zero-order valence-electron chi connectivity index (χ0n) is 25.9. The Hall–Kier alpha value is -4.57. The molecule has 44 heavy (non-hydrogen) atoms. The molecule has 10 heteroatoms. The average molecular weight is 601 g/mol. The fourth-order valence-corrected chi connectivity index (χ4v) is 4.62. The maximum atomic E-state index is 13.4. The van der Waals surface area contributed by atoms with Gasteiger partial charge in [-0.25, -0.2) is 0 Å². The maximum absolute atomic E-state index is 13.4. The SMILES string of the molecule is CCNC(=O)[C@@H](NC(=O)[C@H](C)NC[C@H](Cc1ccccc1)NC(=O)c1cccc(C(=O)NCCc2cccnc2)c1)C(C)C. The van der Waals surface area contributed by atoms with E-state index in [4.69, 9.17) is 0 Å². The molecule has 0 unspecified atom stereocenters. The van der Waals surface area contributed by atoms with Crippen molar-refractivity contribution in [3.63, 3.8) is 0 Å². The average Bonchev–Trinajstić information content (AvgIpc) is 3.03. The van der Waals surface area contributed by atoms with Gasteiger partial charge in [-0.15, -0.1) is 0 Å². The lowest BCUT2D eigenvalue weighted by Gasteiger charge is -2.25. The summed E-state index contributed by atoms with van der Waals surface area (Å²) >= 11 is 0. The molecule has 234 valence electrons. The predicted octanol–water partition coefficient (Wildman–Crippen LogP) is 2.65. The van der Waals surface area contributed by atoms with Crippen molar-refractivity contribution in [1.29, 1.82) is 0 Å². The third-order valence-electron chi connectivity index (χ3n) is 7.13. The van der Waals surface area contributed by atoms with Crippen molar-refractivity contribution < 1.29 is 19.2 Å². The van der Waals surface area contributed by atoms with Gasteiger partial charge in [-0.3, -0.25) is 24.2 Å². The Morgan fingerprint density at radius 1 is 0.773 bits per heavy atom. The highest BCUT2D eigenvalue weighted by Crippen LogP contribution is 2.09. The lowest BCUT2D eigenvalue weighted by atomic mass is 10.0. The molecular weight excluding hydrogens is 556 g/mol. The van der Waals surface area contributed by atoms with E-state index < -0.39 is 12.1 Å². The number of benzene rings is 2. The molecule has 5 N–H and O–H groups in total. The van der Waals surface area contributed by atoms with Crippen LogP contribution in [0, 0.1) is 5.92 Å². The van der Waals surface area contributed by atoms with Crippen molar-refractivity contribution in [2.75, 3.05) is 19.6 Å². The molecule has 0 aliphatic heterocycles. The van der Waals surface area contributed by atoms with E-state index >= 15 is 0 Å². The van der Waals surface area contributed by atoms with Crippen LogP contribution in [0.25, 0.3) is 0 Å². The third kappa shape index (κ3) is 10.9. The summed E-state index contributed by atoms with van der Waals surface area (Å²) in [7, 11) is 0. The number of rotatable bonds is 16. The lowest BCUT2D eigenvalue weighted by Crippen LogP contribution is -2.55. The van der Waals surface area contributed by atoms with Gasteiger partial charge in [0, 0.05) is 49.2 Å². The van der Waals surface area contributed by atoms with Crippen molar-refractivity contribution in [2.24, 2.45) is 5.92 Å². The molecule has 1 heterocycles. The molecule has 3 aromatic rings. The number of nitrogens with one attached hydrogen (secondary N) is 5. The molecule has 0 aliphatic rings. The summed E-state index contributed by atoms with van der Waals surface area (Å²) in [6.45, 7) is 8.54. The summed E-state index contributed by atoms with van der Waals surface area (Å²) < 4.78 is 0. The summed E-state index contributed by atoms with van der Waals surface area (Å²) in [6, 6.07) is 18.5. The molecular formula is C34H44N6O4. The summed E-state index contributed by atoms with van der Waals surface area (Å²) in [5.74, 6) is -1.20. The van der Waals surface area contributed by atoms with Crippen molar-refractivity contribution in [2.45, 2.75) is 58.7 Å². The molecule has 4 amide bonds. The first-order valence-corrected chi connectivity index (χ1v) is 15.1. The van der Waals surface area contributed by atoms with Gasteiger partial charge in [0.1, 0.15) is 6.04 Å². The van der Waals surface area contributed by atoms with E-state index in [0.29, 0.717) is 43.6 Å². The molecule has 0 bridgehead atoms. The van der Waals surface area contributed by atoms with Crippen LogP contribution in [-0.2, 0) is 22.4 Å². The Kier molecular flexibility index (Phi) is 13.5. The quantitative estimate of drug-likeness (QED) is 0.171. The van der Waals surface area contributed by atoms with Crippen LogP contribution in [0.4, 0.5) is 0 Å². The second kappa shape index (κ2) is 17.5. The summed E-state index contributed by atoms with van der Waals surface area (Å²) in [4.78, 5) is 55.6. The van der Waals surface area contributed by atoms with Gasteiger partial charge in [-0.05, 0) is 68.0 Å². The molecule has 2 aromatic carbocycles. The summed E-state index contributed by atoms with van der Waals surface area (Å²) in [5, 5.41) is 14.8. The minimum Gasteiger partial charge on any atom is -0.355 e. The van der Waals surface area contributed by atoms with Gasteiger partial charge in [-0.1, -0.05) is 56.3 Å². The molecule has 1 aromatic heterocycles. The van der Waals surface area contributed by atoms with E-state index in [1.807, 2.05) is 63.2 Å². The van der Waals surface area contributed by atoms with Crippen LogP contribution in [0.3, 0.4) is 0 Å². The van der Waals surface area contributed by atoms with E-state index in [9.17, 15) is 19.2 Å². The fourth-order valence-electron chi connectivity index (χ4n) is 4.62.